The molecule has 3 aromatic rings. The van der Waals surface area contributed by atoms with Crippen LogP contribution < -0.4 is 15.8 Å². The summed E-state index contributed by atoms with van der Waals surface area (Å²) in [6, 6.07) is 11.6. The highest BCUT2D eigenvalue weighted by Gasteiger charge is 2.27. The molecule has 1 atom stereocenters. The maximum atomic E-state index is 12.6. The number of H-pyrrole nitrogens is 1. The third-order valence-electron chi connectivity index (χ3n) is 4.92. The number of carbonyl (C=O) groups excluding carboxylic acids is 1. The molecular formula is C20H22N4O2S. The number of hydrogen-bond acceptors (Lipinski definition) is 5. The van der Waals surface area contributed by atoms with Gasteiger partial charge >= 0.3 is 0 Å². The second-order valence-electron chi connectivity index (χ2n) is 6.81. The van der Waals surface area contributed by atoms with Gasteiger partial charge in [0.2, 0.25) is 5.91 Å². The van der Waals surface area contributed by atoms with E-state index >= 15 is 0 Å². The average Bonchev–Trinajstić information content (AvgIpc) is 3.21. The fourth-order valence-corrected chi connectivity index (χ4v) is 4.23. The zero-order chi connectivity index (χ0) is 18.6. The molecule has 0 spiro atoms. The van der Waals surface area contributed by atoms with Crippen LogP contribution in [0.5, 0.6) is 0 Å². The van der Waals surface area contributed by atoms with Gasteiger partial charge in [0, 0.05) is 24.5 Å². The highest BCUT2D eigenvalue weighted by atomic mass is 32.1. The number of fused-ring (bicyclic) bond motifs is 1. The second-order valence-corrected chi connectivity index (χ2v) is 7.84. The van der Waals surface area contributed by atoms with E-state index < -0.39 is 0 Å². The van der Waals surface area contributed by atoms with Crippen molar-refractivity contribution in [2.75, 3.05) is 24.5 Å². The molecule has 0 saturated carbocycles. The first-order valence-electron chi connectivity index (χ1n) is 9.25. The minimum atomic E-state index is -0.201. The zero-order valence-corrected chi connectivity index (χ0v) is 15.8. The van der Waals surface area contributed by atoms with E-state index in [1.807, 2.05) is 40.6 Å². The number of rotatable bonds is 5. The number of benzene rings is 1. The van der Waals surface area contributed by atoms with Gasteiger partial charge in [-0.05, 0) is 42.8 Å². The average molecular weight is 382 g/mol. The lowest BCUT2D eigenvalue weighted by atomic mass is 9.97. The first-order valence-corrected chi connectivity index (χ1v) is 10.1. The van der Waals surface area contributed by atoms with E-state index in [9.17, 15) is 9.59 Å². The molecular weight excluding hydrogens is 360 g/mol. The number of anilines is 1. The van der Waals surface area contributed by atoms with E-state index in [0.717, 1.165) is 36.8 Å². The van der Waals surface area contributed by atoms with Crippen LogP contribution in [-0.4, -0.2) is 35.5 Å². The molecule has 0 bridgehead atoms. The molecule has 0 unspecified atom stereocenters. The summed E-state index contributed by atoms with van der Waals surface area (Å²) in [5.41, 5.74) is 1.29. The van der Waals surface area contributed by atoms with Crippen LogP contribution in [0.2, 0.25) is 0 Å². The summed E-state index contributed by atoms with van der Waals surface area (Å²) in [6.07, 6.45) is 2.56. The Kier molecular flexibility index (Phi) is 5.20. The monoisotopic (exact) mass is 382 g/mol. The van der Waals surface area contributed by atoms with E-state index in [-0.39, 0.29) is 17.4 Å². The van der Waals surface area contributed by atoms with Gasteiger partial charge < -0.3 is 15.2 Å². The zero-order valence-electron chi connectivity index (χ0n) is 15.0. The molecule has 3 heterocycles. The van der Waals surface area contributed by atoms with Crippen LogP contribution in [0.15, 0.2) is 46.6 Å². The number of hydrogen-bond donors (Lipinski definition) is 2. The number of thiophene rings is 1. The van der Waals surface area contributed by atoms with Gasteiger partial charge in [-0.1, -0.05) is 18.2 Å². The van der Waals surface area contributed by atoms with E-state index in [4.69, 9.17) is 0 Å². The predicted molar refractivity (Wildman–Crippen MR) is 108 cm³/mol. The number of carbonyl (C=O) groups is 1. The Bertz CT molecular complexity index is 983. The summed E-state index contributed by atoms with van der Waals surface area (Å²) in [5.74, 6) is 0.355. The Morgan fingerprint density at radius 1 is 1.30 bits per heavy atom. The molecule has 7 heteroatoms. The van der Waals surface area contributed by atoms with Crippen LogP contribution >= 0.6 is 11.3 Å². The summed E-state index contributed by atoms with van der Waals surface area (Å²) in [7, 11) is 0. The third kappa shape index (κ3) is 4.03. The van der Waals surface area contributed by atoms with Crippen molar-refractivity contribution in [3.05, 3.63) is 57.0 Å². The molecule has 1 saturated heterocycles. The molecule has 27 heavy (non-hydrogen) atoms. The maximum absolute atomic E-state index is 12.6. The van der Waals surface area contributed by atoms with Gasteiger partial charge in [0.1, 0.15) is 0 Å². The standard InChI is InChI=1S/C20H22N4O2S/c25-19(21-10-9-15-6-4-12-27-15)14-5-3-11-24(13-14)18-20(26)23-17-8-2-1-7-16(17)22-18/h1-2,4,6-8,12,14H,3,5,9-11,13H2,(H,21,25)(H,23,26)/t14-/m1/s1. The minimum Gasteiger partial charge on any atom is -0.355 e. The number of aromatic nitrogens is 2. The number of para-hydroxylation sites is 2. The van der Waals surface area contributed by atoms with Crippen molar-refractivity contribution in [1.82, 2.24) is 15.3 Å². The maximum Gasteiger partial charge on any atom is 0.291 e. The molecule has 0 radical (unpaired) electrons. The number of amides is 1. The lowest BCUT2D eigenvalue weighted by Gasteiger charge is -2.32. The number of aromatic amines is 1. The smallest absolute Gasteiger partial charge is 0.291 e. The summed E-state index contributed by atoms with van der Waals surface area (Å²) < 4.78 is 0. The van der Waals surface area contributed by atoms with Gasteiger partial charge in [-0.2, -0.15) is 0 Å². The number of nitrogens with one attached hydrogen (secondary N) is 2. The van der Waals surface area contributed by atoms with Crippen molar-refractivity contribution >= 4 is 34.1 Å². The van der Waals surface area contributed by atoms with Gasteiger partial charge in [0.15, 0.2) is 5.82 Å². The minimum absolute atomic E-state index is 0.0634. The predicted octanol–water partition coefficient (Wildman–Crippen LogP) is 2.56. The summed E-state index contributed by atoms with van der Waals surface area (Å²) in [5, 5.41) is 5.09. The van der Waals surface area contributed by atoms with Crippen LogP contribution in [0.1, 0.15) is 17.7 Å². The largest absolute Gasteiger partial charge is 0.355 e. The molecule has 1 fully saturated rings. The van der Waals surface area contributed by atoms with Crippen molar-refractivity contribution in [3.63, 3.8) is 0 Å². The van der Waals surface area contributed by atoms with Crippen LogP contribution in [0, 0.1) is 5.92 Å². The molecule has 2 N–H and O–H groups in total. The number of piperidine rings is 1. The van der Waals surface area contributed by atoms with Gasteiger partial charge in [0.25, 0.3) is 5.56 Å². The summed E-state index contributed by atoms with van der Waals surface area (Å²) in [4.78, 5) is 35.7. The Morgan fingerprint density at radius 2 is 2.19 bits per heavy atom. The molecule has 1 amide bonds. The van der Waals surface area contributed by atoms with Gasteiger partial charge in [-0.15, -0.1) is 11.3 Å². The molecule has 2 aromatic heterocycles. The molecule has 6 nitrogen and oxygen atoms in total. The molecule has 0 aliphatic carbocycles. The molecule has 1 aromatic carbocycles. The van der Waals surface area contributed by atoms with Crippen molar-refractivity contribution in [2.45, 2.75) is 19.3 Å². The van der Waals surface area contributed by atoms with Crippen LogP contribution in [-0.2, 0) is 11.2 Å². The van der Waals surface area contributed by atoms with Crippen molar-refractivity contribution in [1.29, 1.82) is 0 Å². The molecule has 1 aliphatic heterocycles. The summed E-state index contributed by atoms with van der Waals surface area (Å²) >= 11 is 1.70. The summed E-state index contributed by atoms with van der Waals surface area (Å²) in [6.45, 7) is 1.91. The third-order valence-corrected chi connectivity index (χ3v) is 5.86. The molecule has 4 rings (SSSR count). The molecule has 140 valence electrons. The second kappa shape index (κ2) is 7.92. The first kappa shape index (κ1) is 17.7. The fraction of sp³-hybridized carbons (Fsp3) is 0.350. The Morgan fingerprint density at radius 3 is 3.04 bits per heavy atom. The topological polar surface area (TPSA) is 78.1 Å². The van der Waals surface area contributed by atoms with E-state index in [1.165, 1.54) is 4.88 Å². The SMILES string of the molecule is O=C(NCCc1cccs1)[C@@H]1CCCN(c2nc3ccccc3[nH]c2=O)C1. The quantitative estimate of drug-likeness (QED) is 0.711. The van der Waals surface area contributed by atoms with Crippen LogP contribution in [0.3, 0.4) is 0 Å². The fourth-order valence-electron chi connectivity index (χ4n) is 3.53. The van der Waals surface area contributed by atoms with E-state index in [1.54, 1.807) is 11.3 Å². The Labute approximate surface area is 161 Å². The van der Waals surface area contributed by atoms with Gasteiger partial charge in [0.05, 0.1) is 17.0 Å². The van der Waals surface area contributed by atoms with Gasteiger partial charge in [-0.25, -0.2) is 4.98 Å². The highest BCUT2D eigenvalue weighted by molar-refractivity contribution is 7.09. The highest BCUT2D eigenvalue weighted by Crippen LogP contribution is 2.21. The first-order chi connectivity index (χ1) is 13.2. The van der Waals surface area contributed by atoms with E-state index in [0.29, 0.717) is 18.9 Å². The van der Waals surface area contributed by atoms with Crippen molar-refractivity contribution < 1.29 is 4.79 Å². The lowest BCUT2D eigenvalue weighted by molar-refractivity contribution is -0.125. The Balaban J connectivity index is 1.42. The van der Waals surface area contributed by atoms with Crippen molar-refractivity contribution in [3.8, 4) is 0 Å². The van der Waals surface area contributed by atoms with Crippen LogP contribution in [0.25, 0.3) is 11.0 Å². The Hall–Kier alpha value is -2.67. The number of nitrogens with zero attached hydrogens (tertiary/aromatic N) is 2. The van der Waals surface area contributed by atoms with Crippen molar-refractivity contribution in [2.24, 2.45) is 5.92 Å². The van der Waals surface area contributed by atoms with E-state index in [2.05, 4.69) is 21.4 Å². The lowest BCUT2D eigenvalue weighted by Crippen LogP contribution is -2.45. The van der Waals surface area contributed by atoms with Crippen LogP contribution in [0.4, 0.5) is 5.82 Å². The van der Waals surface area contributed by atoms with Gasteiger partial charge in [-0.3, -0.25) is 9.59 Å². The normalized spacial score (nSPS) is 17.2. The molecule has 1 aliphatic rings.